The van der Waals surface area contributed by atoms with Crippen molar-refractivity contribution in [3.8, 4) is 0 Å². The number of likely N-dealkylation sites (tertiary alicyclic amines) is 1. The van der Waals surface area contributed by atoms with Gasteiger partial charge in [0.05, 0.1) is 0 Å². The van der Waals surface area contributed by atoms with Gasteiger partial charge >= 0.3 is 0 Å². The predicted molar refractivity (Wildman–Crippen MR) is 53.4 cm³/mol. The van der Waals surface area contributed by atoms with Crippen LogP contribution in [-0.4, -0.2) is 29.8 Å². The first-order chi connectivity index (χ1) is 6.69. The summed E-state index contributed by atoms with van der Waals surface area (Å²) in [6.45, 7) is 2.80. The molecule has 80 valence electrons. The zero-order valence-corrected chi connectivity index (χ0v) is 8.66. The number of nitrogens with zero attached hydrogens (tertiary/aromatic N) is 1. The van der Waals surface area contributed by atoms with Gasteiger partial charge in [-0.1, -0.05) is 13.3 Å². The van der Waals surface area contributed by atoms with Crippen molar-refractivity contribution in [1.29, 1.82) is 0 Å². The van der Waals surface area contributed by atoms with Crippen molar-refractivity contribution in [2.75, 3.05) is 13.1 Å². The second-order valence-corrected chi connectivity index (χ2v) is 3.79. The smallest absolute Gasteiger partial charge is 0.229 e. The van der Waals surface area contributed by atoms with E-state index in [0.717, 1.165) is 12.8 Å². The van der Waals surface area contributed by atoms with E-state index in [1.54, 1.807) is 0 Å². The van der Waals surface area contributed by atoms with Gasteiger partial charge in [-0.15, -0.1) is 0 Å². The van der Waals surface area contributed by atoms with Crippen LogP contribution < -0.4 is 5.73 Å². The molecule has 1 aliphatic rings. The molecule has 0 unspecified atom stereocenters. The van der Waals surface area contributed by atoms with Gasteiger partial charge in [-0.25, -0.2) is 0 Å². The summed E-state index contributed by atoms with van der Waals surface area (Å²) in [6.07, 6.45) is 3.02. The van der Waals surface area contributed by atoms with Gasteiger partial charge in [0.15, 0.2) is 0 Å². The van der Waals surface area contributed by atoms with Crippen LogP contribution in [-0.2, 0) is 9.59 Å². The molecule has 0 radical (unpaired) electrons. The van der Waals surface area contributed by atoms with Gasteiger partial charge in [0.25, 0.3) is 0 Å². The Balaban J connectivity index is 2.54. The third-order valence-corrected chi connectivity index (χ3v) is 2.58. The van der Waals surface area contributed by atoms with Crippen LogP contribution in [0.2, 0.25) is 0 Å². The molecule has 0 bridgehead atoms. The third-order valence-electron chi connectivity index (χ3n) is 2.58. The highest BCUT2D eigenvalue weighted by Gasteiger charge is 2.31. The summed E-state index contributed by atoms with van der Waals surface area (Å²) in [4.78, 5) is 24.4. The van der Waals surface area contributed by atoms with E-state index in [1.165, 1.54) is 4.90 Å². The average Bonchev–Trinajstić information content (AvgIpc) is 2.12. The van der Waals surface area contributed by atoms with E-state index in [4.69, 9.17) is 5.73 Å². The molecule has 1 saturated heterocycles. The van der Waals surface area contributed by atoms with E-state index < -0.39 is 0 Å². The summed E-state index contributed by atoms with van der Waals surface area (Å²) in [5, 5.41) is 0. The van der Waals surface area contributed by atoms with E-state index >= 15 is 0 Å². The molecular weight excluding hydrogens is 180 g/mol. The zero-order chi connectivity index (χ0) is 10.6. The molecule has 1 heterocycles. The number of imide groups is 1. The Hall–Kier alpha value is -0.900. The predicted octanol–water partition coefficient (Wildman–Crippen LogP) is 0.510. The van der Waals surface area contributed by atoms with Crippen LogP contribution in [0.5, 0.6) is 0 Å². The lowest BCUT2D eigenvalue weighted by Crippen LogP contribution is -2.45. The van der Waals surface area contributed by atoms with Crippen molar-refractivity contribution in [2.24, 2.45) is 11.7 Å². The molecular formula is C10H18N2O2. The number of hydrogen-bond donors (Lipinski definition) is 1. The fourth-order valence-corrected chi connectivity index (χ4v) is 1.92. The van der Waals surface area contributed by atoms with E-state index in [9.17, 15) is 9.59 Å². The Bertz CT molecular complexity index is 210. The van der Waals surface area contributed by atoms with Crippen LogP contribution in [0, 0.1) is 5.92 Å². The van der Waals surface area contributed by atoms with Crippen molar-refractivity contribution in [2.45, 2.75) is 32.6 Å². The Morgan fingerprint density at radius 2 is 1.93 bits per heavy atom. The Morgan fingerprint density at radius 1 is 1.36 bits per heavy atom. The van der Waals surface area contributed by atoms with Crippen molar-refractivity contribution >= 4 is 11.8 Å². The van der Waals surface area contributed by atoms with E-state index in [0.29, 0.717) is 25.9 Å². The van der Waals surface area contributed by atoms with Gasteiger partial charge in [-0.3, -0.25) is 14.5 Å². The molecule has 0 saturated carbocycles. The number of rotatable bonds is 4. The lowest BCUT2D eigenvalue weighted by atomic mass is 9.91. The number of amides is 2. The molecule has 0 atom stereocenters. The molecule has 0 aromatic rings. The van der Waals surface area contributed by atoms with Gasteiger partial charge < -0.3 is 5.73 Å². The maximum atomic E-state index is 11.5. The van der Waals surface area contributed by atoms with E-state index in [2.05, 4.69) is 6.92 Å². The molecule has 14 heavy (non-hydrogen) atoms. The van der Waals surface area contributed by atoms with Crippen molar-refractivity contribution in [1.82, 2.24) is 4.90 Å². The minimum atomic E-state index is -0.0508. The van der Waals surface area contributed by atoms with Gasteiger partial charge in [-0.2, -0.15) is 0 Å². The third kappa shape index (κ3) is 2.54. The van der Waals surface area contributed by atoms with Crippen LogP contribution in [0.1, 0.15) is 32.6 Å². The van der Waals surface area contributed by atoms with Crippen LogP contribution in [0.25, 0.3) is 0 Å². The average molecular weight is 198 g/mol. The number of piperidine rings is 1. The van der Waals surface area contributed by atoms with Gasteiger partial charge in [-0.05, 0) is 12.3 Å². The van der Waals surface area contributed by atoms with Crippen molar-refractivity contribution in [3.63, 3.8) is 0 Å². The fraction of sp³-hybridized carbons (Fsp3) is 0.800. The minimum Gasteiger partial charge on any atom is -0.329 e. The lowest BCUT2D eigenvalue weighted by molar-refractivity contribution is -0.149. The largest absolute Gasteiger partial charge is 0.329 e. The Kier molecular flexibility index (Phi) is 4.07. The summed E-state index contributed by atoms with van der Waals surface area (Å²) < 4.78 is 0. The molecule has 0 spiro atoms. The van der Waals surface area contributed by atoms with Crippen LogP contribution >= 0.6 is 0 Å². The molecule has 1 aliphatic heterocycles. The van der Waals surface area contributed by atoms with Crippen LogP contribution in [0.3, 0.4) is 0 Å². The number of hydrogen-bond acceptors (Lipinski definition) is 3. The number of carbonyl (C=O) groups excluding carboxylic acids is 2. The summed E-state index contributed by atoms with van der Waals surface area (Å²) >= 11 is 0. The van der Waals surface area contributed by atoms with Crippen LogP contribution in [0.4, 0.5) is 0 Å². The molecule has 2 amide bonds. The minimum absolute atomic E-state index is 0.0508. The van der Waals surface area contributed by atoms with E-state index in [1.807, 2.05) is 0 Å². The standard InChI is InChI=1S/C10H18N2O2/c1-2-3-8-6-9(13)12(5-4-11)10(14)7-8/h8H,2-7,11H2,1H3. The summed E-state index contributed by atoms with van der Waals surface area (Å²) in [7, 11) is 0. The number of nitrogens with two attached hydrogens (primary N) is 1. The van der Waals surface area contributed by atoms with Gasteiger partial charge in [0.2, 0.25) is 11.8 Å². The molecule has 0 aromatic carbocycles. The number of carbonyl (C=O) groups is 2. The first-order valence-electron chi connectivity index (χ1n) is 5.22. The molecule has 4 heteroatoms. The first kappa shape index (κ1) is 11.2. The highest BCUT2D eigenvalue weighted by atomic mass is 16.2. The normalized spacial score (nSPS) is 19.1. The monoisotopic (exact) mass is 198 g/mol. The maximum absolute atomic E-state index is 11.5. The van der Waals surface area contributed by atoms with Gasteiger partial charge in [0.1, 0.15) is 0 Å². The second kappa shape index (κ2) is 5.10. The molecule has 0 aliphatic carbocycles. The summed E-state index contributed by atoms with van der Waals surface area (Å²) in [5.41, 5.74) is 5.33. The quantitative estimate of drug-likeness (QED) is 0.669. The highest BCUT2D eigenvalue weighted by Crippen LogP contribution is 2.23. The van der Waals surface area contributed by atoms with Crippen molar-refractivity contribution < 1.29 is 9.59 Å². The van der Waals surface area contributed by atoms with Gasteiger partial charge in [0, 0.05) is 25.9 Å². The Morgan fingerprint density at radius 3 is 2.36 bits per heavy atom. The van der Waals surface area contributed by atoms with E-state index in [-0.39, 0.29) is 17.7 Å². The fourth-order valence-electron chi connectivity index (χ4n) is 1.92. The molecule has 4 nitrogen and oxygen atoms in total. The molecule has 1 fully saturated rings. The molecule has 0 aromatic heterocycles. The van der Waals surface area contributed by atoms with Crippen molar-refractivity contribution in [3.05, 3.63) is 0 Å². The first-order valence-corrected chi connectivity index (χ1v) is 5.22. The molecule has 1 rings (SSSR count). The van der Waals surface area contributed by atoms with Crippen LogP contribution in [0.15, 0.2) is 0 Å². The lowest BCUT2D eigenvalue weighted by Gasteiger charge is -2.29. The SMILES string of the molecule is CCCC1CC(=O)N(CCN)C(=O)C1. The maximum Gasteiger partial charge on any atom is 0.229 e. The topological polar surface area (TPSA) is 63.4 Å². The molecule has 2 N–H and O–H groups in total. The Labute approximate surface area is 84.4 Å². The summed E-state index contributed by atoms with van der Waals surface area (Å²) in [5.74, 6) is 0.157. The highest BCUT2D eigenvalue weighted by molar-refractivity contribution is 5.97. The summed E-state index contributed by atoms with van der Waals surface area (Å²) in [6, 6.07) is 0. The second-order valence-electron chi connectivity index (χ2n) is 3.79. The zero-order valence-electron chi connectivity index (χ0n) is 8.66.